The van der Waals surface area contributed by atoms with Crippen LogP contribution in [0.2, 0.25) is 0 Å². The van der Waals surface area contributed by atoms with Gasteiger partial charge in [0, 0.05) is 23.0 Å². The van der Waals surface area contributed by atoms with E-state index in [9.17, 15) is 9.90 Å². The molecule has 0 amide bonds. The maximum atomic E-state index is 12.7. The summed E-state index contributed by atoms with van der Waals surface area (Å²) in [6, 6.07) is 13.0. The molecule has 0 aliphatic heterocycles. The van der Waals surface area contributed by atoms with Crippen molar-refractivity contribution in [3.8, 4) is 5.75 Å². The van der Waals surface area contributed by atoms with Crippen molar-refractivity contribution in [3.63, 3.8) is 0 Å². The molecule has 4 aromatic rings. The molecule has 0 atom stereocenters. The number of nitrogens with zero attached hydrogens (tertiary/aromatic N) is 3. The van der Waals surface area contributed by atoms with E-state index in [1.165, 1.54) is 11.5 Å². The number of benzene rings is 1. The Morgan fingerprint density at radius 2 is 2.04 bits per heavy atom. The molecule has 0 fully saturated rings. The van der Waals surface area contributed by atoms with Crippen molar-refractivity contribution < 1.29 is 9.84 Å². The maximum Gasteiger partial charge on any atom is 0.265 e. The summed E-state index contributed by atoms with van der Waals surface area (Å²) < 4.78 is 6.67. The largest absolute Gasteiger partial charge is 0.493 e. The van der Waals surface area contributed by atoms with E-state index in [1.54, 1.807) is 18.3 Å². The predicted molar refractivity (Wildman–Crippen MR) is 104 cm³/mol. The number of aryl methyl sites for hydroxylation is 1. The van der Waals surface area contributed by atoms with Crippen LogP contribution in [-0.2, 0) is 6.61 Å². The van der Waals surface area contributed by atoms with Gasteiger partial charge in [0.1, 0.15) is 5.82 Å². The van der Waals surface area contributed by atoms with Crippen LogP contribution < -0.4 is 15.6 Å². The van der Waals surface area contributed by atoms with E-state index in [-0.39, 0.29) is 11.1 Å². The Morgan fingerprint density at radius 3 is 2.81 bits per heavy atom. The second-order valence-electron chi connectivity index (χ2n) is 6.16. The Balaban J connectivity index is 1.85. The quantitative estimate of drug-likeness (QED) is 0.580. The molecule has 3 aromatic heterocycles. The lowest BCUT2D eigenvalue weighted by atomic mass is 10.2. The number of aliphatic hydroxyl groups excluding tert-OH is 1. The third-order valence-corrected chi connectivity index (χ3v) is 4.38. The van der Waals surface area contributed by atoms with Crippen LogP contribution in [0.5, 0.6) is 5.75 Å². The molecule has 0 aliphatic carbocycles. The Labute approximate surface area is 154 Å². The van der Waals surface area contributed by atoms with Gasteiger partial charge in [-0.05, 0) is 43.3 Å². The molecular formula is C20H18N4O3. The van der Waals surface area contributed by atoms with Crippen LogP contribution in [0.15, 0.2) is 53.5 Å². The Kier molecular flexibility index (Phi) is 4.21. The molecule has 0 saturated carbocycles. The molecule has 2 N–H and O–H groups in total. The van der Waals surface area contributed by atoms with Gasteiger partial charge in [-0.1, -0.05) is 6.07 Å². The lowest BCUT2D eigenvalue weighted by molar-refractivity contribution is 0.280. The van der Waals surface area contributed by atoms with Gasteiger partial charge in [-0.15, -0.1) is 0 Å². The van der Waals surface area contributed by atoms with E-state index < -0.39 is 6.61 Å². The molecule has 136 valence electrons. The second kappa shape index (κ2) is 6.69. The number of methoxy groups -OCH3 is 1. The summed E-state index contributed by atoms with van der Waals surface area (Å²) in [5, 5.41) is 13.8. The first-order chi connectivity index (χ1) is 13.1. The molecule has 1 aromatic carbocycles. The van der Waals surface area contributed by atoms with Crippen LogP contribution >= 0.6 is 0 Å². The molecule has 0 spiro atoms. The summed E-state index contributed by atoms with van der Waals surface area (Å²) in [6.45, 7) is 1.52. The molecule has 0 radical (unpaired) electrons. The maximum absolute atomic E-state index is 12.7. The van der Waals surface area contributed by atoms with Crippen LogP contribution in [0.3, 0.4) is 0 Å². The smallest absolute Gasteiger partial charge is 0.265 e. The monoisotopic (exact) mass is 362 g/mol. The summed E-state index contributed by atoms with van der Waals surface area (Å²) >= 11 is 0. The summed E-state index contributed by atoms with van der Waals surface area (Å²) in [5.74, 6) is 0.770. The van der Waals surface area contributed by atoms with E-state index in [0.717, 1.165) is 22.3 Å². The lowest BCUT2D eigenvalue weighted by Crippen LogP contribution is -2.22. The molecule has 0 unspecified atom stereocenters. The number of hydrogen-bond donors (Lipinski definition) is 2. The highest BCUT2D eigenvalue weighted by molar-refractivity contribution is 5.83. The highest BCUT2D eigenvalue weighted by Gasteiger charge is 2.15. The van der Waals surface area contributed by atoms with Crippen LogP contribution in [-0.4, -0.2) is 26.6 Å². The van der Waals surface area contributed by atoms with Crippen LogP contribution in [0, 0.1) is 6.92 Å². The van der Waals surface area contributed by atoms with Gasteiger partial charge in [0.15, 0.2) is 11.4 Å². The number of rotatable bonds is 4. The Bertz CT molecular complexity index is 1220. The lowest BCUT2D eigenvalue weighted by Gasteiger charge is -2.13. The number of anilines is 2. The molecule has 3 heterocycles. The third kappa shape index (κ3) is 2.98. The molecule has 0 saturated heterocycles. The SMILES string of the molecule is COc1cccn2c(=O)c(CO)c(Nc3ccc4nc(C)ccc4c3)nc12. The minimum Gasteiger partial charge on any atom is -0.493 e. The van der Waals surface area contributed by atoms with E-state index in [2.05, 4.69) is 15.3 Å². The number of aliphatic hydroxyl groups is 1. The van der Waals surface area contributed by atoms with Crippen LogP contribution in [0.25, 0.3) is 16.6 Å². The zero-order chi connectivity index (χ0) is 19.0. The first-order valence-corrected chi connectivity index (χ1v) is 8.44. The molecular weight excluding hydrogens is 344 g/mol. The minimum absolute atomic E-state index is 0.183. The summed E-state index contributed by atoms with van der Waals surface area (Å²) in [7, 11) is 1.52. The molecule has 7 heteroatoms. The van der Waals surface area contributed by atoms with E-state index >= 15 is 0 Å². The first-order valence-electron chi connectivity index (χ1n) is 8.44. The number of fused-ring (bicyclic) bond motifs is 2. The predicted octanol–water partition coefficient (Wildman–Crippen LogP) is 2.80. The van der Waals surface area contributed by atoms with Gasteiger partial charge in [0.2, 0.25) is 0 Å². The standard InChI is InChI=1S/C20H18N4O3/c1-12-5-6-13-10-14(7-8-16(13)21-12)22-18-15(11-25)20(26)24-9-3-4-17(27-2)19(24)23-18/h3-10,22,25H,11H2,1-2H3. The van der Waals surface area contributed by atoms with Crippen molar-refractivity contribution in [2.75, 3.05) is 12.4 Å². The molecule has 0 bridgehead atoms. The summed E-state index contributed by atoms with van der Waals surface area (Å²) in [5.41, 5.74) is 2.79. The molecule has 7 nitrogen and oxygen atoms in total. The zero-order valence-electron chi connectivity index (χ0n) is 14.9. The van der Waals surface area contributed by atoms with E-state index in [4.69, 9.17) is 4.74 Å². The van der Waals surface area contributed by atoms with Gasteiger partial charge in [-0.25, -0.2) is 4.98 Å². The van der Waals surface area contributed by atoms with Crippen molar-refractivity contribution in [1.82, 2.24) is 14.4 Å². The zero-order valence-corrected chi connectivity index (χ0v) is 14.9. The average Bonchev–Trinajstić information content (AvgIpc) is 2.68. The summed E-state index contributed by atoms with van der Waals surface area (Å²) in [4.78, 5) is 21.7. The van der Waals surface area contributed by atoms with E-state index in [0.29, 0.717) is 17.2 Å². The van der Waals surface area contributed by atoms with Gasteiger partial charge in [0.05, 0.1) is 24.8 Å². The van der Waals surface area contributed by atoms with Crippen LogP contribution in [0.1, 0.15) is 11.3 Å². The van der Waals surface area contributed by atoms with Gasteiger partial charge >= 0.3 is 0 Å². The minimum atomic E-state index is -0.428. The van der Waals surface area contributed by atoms with Gasteiger partial charge in [-0.3, -0.25) is 14.2 Å². The molecule has 27 heavy (non-hydrogen) atoms. The van der Waals surface area contributed by atoms with Crippen molar-refractivity contribution in [3.05, 3.63) is 70.3 Å². The topological polar surface area (TPSA) is 88.8 Å². The Hall–Kier alpha value is -3.45. The highest BCUT2D eigenvalue weighted by atomic mass is 16.5. The average molecular weight is 362 g/mol. The Morgan fingerprint density at radius 1 is 1.19 bits per heavy atom. The fourth-order valence-electron chi connectivity index (χ4n) is 3.02. The van der Waals surface area contributed by atoms with Gasteiger partial charge in [0.25, 0.3) is 5.56 Å². The number of aromatic nitrogens is 3. The molecule has 4 rings (SSSR count). The highest BCUT2D eigenvalue weighted by Crippen LogP contribution is 2.24. The van der Waals surface area contributed by atoms with E-state index in [1.807, 2.05) is 37.3 Å². The van der Waals surface area contributed by atoms with Crippen molar-refractivity contribution in [2.45, 2.75) is 13.5 Å². The van der Waals surface area contributed by atoms with Gasteiger partial charge in [-0.2, -0.15) is 0 Å². The van der Waals surface area contributed by atoms with Crippen molar-refractivity contribution >= 4 is 28.1 Å². The first kappa shape index (κ1) is 17.0. The van der Waals surface area contributed by atoms with Crippen molar-refractivity contribution in [2.24, 2.45) is 0 Å². The second-order valence-corrected chi connectivity index (χ2v) is 6.16. The molecule has 0 aliphatic rings. The normalized spacial score (nSPS) is 11.1. The van der Waals surface area contributed by atoms with Crippen LogP contribution in [0.4, 0.5) is 11.5 Å². The number of nitrogens with one attached hydrogen (secondary N) is 1. The number of hydrogen-bond acceptors (Lipinski definition) is 6. The number of ether oxygens (including phenoxy) is 1. The fourth-order valence-corrected chi connectivity index (χ4v) is 3.02. The third-order valence-electron chi connectivity index (χ3n) is 4.38. The summed E-state index contributed by atoms with van der Waals surface area (Å²) in [6.07, 6.45) is 1.60. The fraction of sp³-hybridized carbons (Fsp3) is 0.150. The van der Waals surface area contributed by atoms with Gasteiger partial charge < -0.3 is 15.2 Å². The van der Waals surface area contributed by atoms with Crippen molar-refractivity contribution in [1.29, 1.82) is 0 Å². The number of pyridine rings is 2.